The summed E-state index contributed by atoms with van der Waals surface area (Å²) < 4.78 is 38.6. The van der Waals surface area contributed by atoms with Crippen LogP contribution in [0.15, 0.2) is 0 Å². The quantitative estimate of drug-likeness (QED) is 0.802. The number of rotatable bonds is 4. The zero-order valence-corrected chi connectivity index (χ0v) is 10.0. The summed E-state index contributed by atoms with van der Waals surface area (Å²) in [6.45, 7) is 0. The van der Waals surface area contributed by atoms with Crippen molar-refractivity contribution in [3.63, 3.8) is 0 Å². The number of alkyl halides is 3. The maximum atomic E-state index is 12.9. The van der Waals surface area contributed by atoms with Crippen molar-refractivity contribution >= 4 is 0 Å². The molecule has 1 nitrogen and oxygen atoms in total. The van der Waals surface area contributed by atoms with Crippen LogP contribution >= 0.6 is 0 Å². The average Bonchev–Trinajstić information content (AvgIpc) is 3.08. The summed E-state index contributed by atoms with van der Waals surface area (Å²) in [5.74, 6) is -1.15. The van der Waals surface area contributed by atoms with Crippen molar-refractivity contribution in [2.45, 2.75) is 63.6 Å². The molecule has 2 saturated carbocycles. The van der Waals surface area contributed by atoms with E-state index < -0.39 is 24.1 Å². The zero-order chi connectivity index (χ0) is 12.5. The smallest absolute Gasteiger partial charge is 0.392 e. The Labute approximate surface area is 100 Å². The Hall–Kier alpha value is -0.250. The lowest BCUT2D eigenvalue weighted by molar-refractivity contribution is -0.207. The van der Waals surface area contributed by atoms with Crippen LogP contribution in [-0.4, -0.2) is 17.4 Å². The van der Waals surface area contributed by atoms with Gasteiger partial charge in [-0.1, -0.05) is 25.7 Å². The van der Waals surface area contributed by atoms with E-state index in [1.807, 2.05) is 0 Å². The molecule has 2 aliphatic rings. The minimum Gasteiger partial charge on any atom is -0.393 e. The number of aliphatic hydroxyl groups excluding tert-OH is 1. The lowest BCUT2D eigenvalue weighted by Gasteiger charge is -2.36. The van der Waals surface area contributed by atoms with E-state index in [1.54, 1.807) is 0 Å². The van der Waals surface area contributed by atoms with E-state index in [9.17, 15) is 18.3 Å². The molecule has 17 heavy (non-hydrogen) atoms. The summed E-state index contributed by atoms with van der Waals surface area (Å²) in [6, 6.07) is 0. The second kappa shape index (κ2) is 5.17. The van der Waals surface area contributed by atoms with Gasteiger partial charge < -0.3 is 5.11 Å². The van der Waals surface area contributed by atoms with Crippen LogP contribution in [0.2, 0.25) is 0 Å². The molecule has 0 heterocycles. The highest BCUT2D eigenvalue weighted by molar-refractivity contribution is 4.86. The molecule has 100 valence electrons. The number of hydrogen-bond donors (Lipinski definition) is 1. The van der Waals surface area contributed by atoms with Crippen molar-refractivity contribution in [2.24, 2.45) is 17.8 Å². The normalized spacial score (nSPS) is 32.5. The molecular weight excluding hydrogens is 229 g/mol. The summed E-state index contributed by atoms with van der Waals surface area (Å²) in [5, 5.41) is 9.98. The first-order chi connectivity index (χ1) is 7.98. The fourth-order valence-electron chi connectivity index (χ4n) is 3.05. The third-order valence-electron chi connectivity index (χ3n) is 4.30. The van der Waals surface area contributed by atoms with Crippen LogP contribution in [-0.2, 0) is 0 Å². The summed E-state index contributed by atoms with van der Waals surface area (Å²) >= 11 is 0. The Balaban J connectivity index is 1.89. The van der Waals surface area contributed by atoms with E-state index in [0.717, 1.165) is 12.8 Å². The van der Waals surface area contributed by atoms with E-state index in [-0.39, 0.29) is 6.42 Å². The van der Waals surface area contributed by atoms with E-state index in [4.69, 9.17) is 0 Å². The molecule has 2 rings (SSSR count). The van der Waals surface area contributed by atoms with Gasteiger partial charge in [-0.2, -0.15) is 13.2 Å². The van der Waals surface area contributed by atoms with Gasteiger partial charge in [-0.25, -0.2) is 0 Å². The molecule has 0 aromatic rings. The summed E-state index contributed by atoms with van der Waals surface area (Å²) in [6.07, 6.45) is 1.19. The second-order valence-electron chi connectivity index (χ2n) is 5.68. The molecule has 0 spiro atoms. The van der Waals surface area contributed by atoms with Crippen molar-refractivity contribution in [3.8, 4) is 0 Å². The number of hydrogen-bond acceptors (Lipinski definition) is 1. The first-order valence-electron chi connectivity index (χ1n) is 6.73. The molecule has 0 saturated heterocycles. The SMILES string of the molecule is OC(CCC1CC1)C1CCCCC1C(F)(F)F. The van der Waals surface area contributed by atoms with Crippen LogP contribution in [0.5, 0.6) is 0 Å². The predicted octanol–water partition coefficient (Wildman–Crippen LogP) is 3.91. The minimum atomic E-state index is -4.13. The Morgan fingerprint density at radius 2 is 1.71 bits per heavy atom. The molecule has 2 fully saturated rings. The van der Waals surface area contributed by atoms with Gasteiger partial charge in [-0.15, -0.1) is 0 Å². The lowest BCUT2D eigenvalue weighted by atomic mass is 9.74. The molecule has 0 aromatic carbocycles. The number of aliphatic hydroxyl groups is 1. The Bertz CT molecular complexity index is 248. The standard InChI is InChI=1S/C13H21F3O/c14-13(15,16)11-4-2-1-3-10(11)12(17)8-7-9-5-6-9/h9-12,17H,1-8H2. The molecule has 3 atom stereocenters. The van der Waals surface area contributed by atoms with Gasteiger partial charge in [0.1, 0.15) is 0 Å². The largest absolute Gasteiger partial charge is 0.393 e. The Morgan fingerprint density at radius 1 is 1.06 bits per heavy atom. The maximum Gasteiger partial charge on any atom is 0.392 e. The first-order valence-corrected chi connectivity index (χ1v) is 6.73. The van der Waals surface area contributed by atoms with E-state index in [2.05, 4.69) is 0 Å². The van der Waals surface area contributed by atoms with Crippen molar-refractivity contribution in [1.82, 2.24) is 0 Å². The lowest BCUT2D eigenvalue weighted by Crippen LogP contribution is -2.39. The van der Waals surface area contributed by atoms with Crippen LogP contribution in [0.25, 0.3) is 0 Å². The summed E-state index contributed by atoms with van der Waals surface area (Å²) in [7, 11) is 0. The summed E-state index contributed by atoms with van der Waals surface area (Å²) in [4.78, 5) is 0. The molecular formula is C13H21F3O. The molecule has 3 unspecified atom stereocenters. The third kappa shape index (κ3) is 3.60. The molecule has 2 aliphatic carbocycles. The van der Waals surface area contributed by atoms with Crippen molar-refractivity contribution < 1.29 is 18.3 Å². The second-order valence-corrected chi connectivity index (χ2v) is 5.68. The van der Waals surface area contributed by atoms with E-state index >= 15 is 0 Å². The topological polar surface area (TPSA) is 20.2 Å². The Kier molecular flexibility index (Phi) is 4.01. The van der Waals surface area contributed by atoms with Gasteiger partial charge >= 0.3 is 6.18 Å². The molecule has 0 bridgehead atoms. The van der Waals surface area contributed by atoms with Crippen molar-refractivity contribution in [2.75, 3.05) is 0 Å². The summed E-state index contributed by atoms with van der Waals surface area (Å²) in [5.41, 5.74) is 0. The molecule has 0 aliphatic heterocycles. The van der Waals surface area contributed by atoms with Crippen LogP contribution in [0.4, 0.5) is 13.2 Å². The Morgan fingerprint density at radius 3 is 2.29 bits per heavy atom. The van der Waals surface area contributed by atoms with Crippen LogP contribution in [0.1, 0.15) is 51.4 Å². The molecule has 4 heteroatoms. The van der Waals surface area contributed by atoms with Gasteiger partial charge in [0.05, 0.1) is 12.0 Å². The fourth-order valence-corrected chi connectivity index (χ4v) is 3.05. The number of halogens is 3. The predicted molar refractivity (Wildman–Crippen MR) is 59.5 cm³/mol. The van der Waals surface area contributed by atoms with Gasteiger partial charge in [-0.05, 0) is 37.5 Å². The third-order valence-corrected chi connectivity index (χ3v) is 4.30. The molecule has 1 N–H and O–H groups in total. The highest BCUT2D eigenvalue weighted by Crippen LogP contribution is 2.44. The van der Waals surface area contributed by atoms with Crippen molar-refractivity contribution in [3.05, 3.63) is 0 Å². The molecule has 0 aromatic heterocycles. The highest BCUT2D eigenvalue weighted by atomic mass is 19.4. The van der Waals surface area contributed by atoms with Crippen LogP contribution in [0, 0.1) is 17.8 Å². The first kappa shape index (κ1) is 13.2. The fraction of sp³-hybridized carbons (Fsp3) is 1.00. The zero-order valence-electron chi connectivity index (χ0n) is 10.0. The van der Waals surface area contributed by atoms with Gasteiger partial charge in [0.2, 0.25) is 0 Å². The van der Waals surface area contributed by atoms with Gasteiger partial charge in [0, 0.05) is 0 Å². The van der Waals surface area contributed by atoms with Gasteiger partial charge in [-0.3, -0.25) is 0 Å². The van der Waals surface area contributed by atoms with Crippen LogP contribution < -0.4 is 0 Å². The van der Waals surface area contributed by atoms with Gasteiger partial charge in [0.25, 0.3) is 0 Å². The molecule has 0 radical (unpaired) electrons. The van der Waals surface area contributed by atoms with Crippen LogP contribution in [0.3, 0.4) is 0 Å². The van der Waals surface area contributed by atoms with E-state index in [1.165, 1.54) is 12.8 Å². The molecule has 0 amide bonds. The van der Waals surface area contributed by atoms with Crippen molar-refractivity contribution in [1.29, 1.82) is 0 Å². The van der Waals surface area contributed by atoms with E-state index in [0.29, 0.717) is 25.2 Å². The van der Waals surface area contributed by atoms with Gasteiger partial charge in [0.15, 0.2) is 0 Å². The minimum absolute atomic E-state index is 0.203. The highest BCUT2D eigenvalue weighted by Gasteiger charge is 2.47. The average molecular weight is 250 g/mol. The maximum absolute atomic E-state index is 12.9. The monoisotopic (exact) mass is 250 g/mol.